The van der Waals surface area contributed by atoms with Crippen molar-refractivity contribution in [1.82, 2.24) is 0 Å². The number of carbonyl (C=O) groups is 2. The molecule has 0 aliphatic rings. The standard InChI is InChI=1S/C18H16F3NO5/c1-25-15-8-11(17(24)26-2)6-7-14(15)27-10-16(23)22-13-5-3-4-12(9-13)18(19,20)21/h3-9H,10H2,1-2H3,(H,22,23). The molecule has 0 aliphatic heterocycles. The van der Waals surface area contributed by atoms with Crippen molar-refractivity contribution >= 4 is 17.6 Å². The average Bonchev–Trinajstić information content (AvgIpc) is 2.65. The van der Waals surface area contributed by atoms with Gasteiger partial charge in [0.1, 0.15) is 0 Å². The van der Waals surface area contributed by atoms with Gasteiger partial charge in [0.2, 0.25) is 0 Å². The fraction of sp³-hybridized carbons (Fsp3) is 0.222. The van der Waals surface area contributed by atoms with Crippen LogP contribution >= 0.6 is 0 Å². The van der Waals surface area contributed by atoms with Crippen LogP contribution in [0.5, 0.6) is 11.5 Å². The summed E-state index contributed by atoms with van der Waals surface area (Å²) in [7, 11) is 2.59. The van der Waals surface area contributed by atoms with E-state index in [0.717, 1.165) is 12.1 Å². The number of halogens is 3. The van der Waals surface area contributed by atoms with E-state index in [0.29, 0.717) is 0 Å². The minimum Gasteiger partial charge on any atom is -0.493 e. The van der Waals surface area contributed by atoms with Gasteiger partial charge in [-0.05, 0) is 36.4 Å². The van der Waals surface area contributed by atoms with Crippen LogP contribution in [0, 0.1) is 0 Å². The number of nitrogens with one attached hydrogen (secondary N) is 1. The van der Waals surface area contributed by atoms with Crippen LogP contribution < -0.4 is 14.8 Å². The summed E-state index contributed by atoms with van der Waals surface area (Å²) in [6.07, 6.45) is -4.51. The van der Waals surface area contributed by atoms with E-state index in [-0.39, 0.29) is 22.7 Å². The largest absolute Gasteiger partial charge is 0.493 e. The van der Waals surface area contributed by atoms with Crippen molar-refractivity contribution in [3.63, 3.8) is 0 Å². The summed E-state index contributed by atoms with van der Waals surface area (Å²) in [6, 6.07) is 8.47. The van der Waals surface area contributed by atoms with Gasteiger partial charge in [-0.1, -0.05) is 6.07 Å². The fourth-order valence-electron chi connectivity index (χ4n) is 2.15. The number of alkyl halides is 3. The first-order valence-corrected chi connectivity index (χ1v) is 7.61. The van der Waals surface area contributed by atoms with E-state index in [4.69, 9.17) is 9.47 Å². The van der Waals surface area contributed by atoms with Gasteiger partial charge in [-0.2, -0.15) is 13.2 Å². The number of methoxy groups -OCH3 is 2. The highest BCUT2D eigenvalue weighted by Gasteiger charge is 2.30. The molecule has 9 heteroatoms. The fourth-order valence-corrected chi connectivity index (χ4v) is 2.15. The second-order valence-electron chi connectivity index (χ2n) is 5.27. The minimum atomic E-state index is -4.51. The van der Waals surface area contributed by atoms with E-state index in [9.17, 15) is 22.8 Å². The summed E-state index contributed by atoms with van der Waals surface area (Å²) in [4.78, 5) is 23.4. The van der Waals surface area contributed by atoms with Crippen molar-refractivity contribution in [2.75, 3.05) is 26.1 Å². The van der Waals surface area contributed by atoms with E-state index in [2.05, 4.69) is 10.1 Å². The third kappa shape index (κ3) is 5.37. The molecular formula is C18H16F3NO5. The summed E-state index contributed by atoms with van der Waals surface area (Å²) in [6.45, 7) is -0.468. The van der Waals surface area contributed by atoms with Gasteiger partial charge >= 0.3 is 12.1 Å². The zero-order chi connectivity index (χ0) is 20.0. The Balaban J connectivity index is 2.02. The van der Waals surface area contributed by atoms with Gasteiger partial charge in [-0.25, -0.2) is 4.79 Å². The first kappa shape index (κ1) is 20.1. The molecule has 0 aliphatic carbocycles. The Hall–Kier alpha value is -3.23. The quantitative estimate of drug-likeness (QED) is 0.773. The Labute approximate surface area is 152 Å². The molecule has 2 aromatic rings. The second-order valence-corrected chi connectivity index (χ2v) is 5.27. The molecule has 0 unspecified atom stereocenters. The molecule has 0 spiro atoms. The lowest BCUT2D eigenvalue weighted by molar-refractivity contribution is -0.137. The Morgan fingerprint density at radius 1 is 1.04 bits per heavy atom. The van der Waals surface area contributed by atoms with Crippen LogP contribution in [0.25, 0.3) is 0 Å². The van der Waals surface area contributed by atoms with Gasteiger partial charge in [-0.3, -0.25) is 4.79 Å². The molecule has 0 aromatic heterocycles. The van der Waals surface area contributed by atoms with Crippen molar-refractivity contribution < 1.29 is 37.0 Å². The van der Waals surface area contributed by atoms with Crippen molar-refractivity contribution in [3.8, 4) is 11.5 Å². The summed E-state index contributed by atoms with van der Waals surface area (Å²) in [5.41, 5.74) is -0.650. The van der Waals surface area contributed by atoms with Crippen molar-refractivity contribution in [1.29, 1.82) is 0 Å². The predicted molar refractivity (Wildman–Crippen MR) is 89.9 cm³/mol. The molecule has 0 atom stereocenters. The maximum Gasteiger partial charge on any atom is 0.416 e. The van der Waals surface area contributed by atoms with Crippen LogP contribution in [0.4, 0.5) is 18.9 Å². The molecule has 0 bridgehead atoms. The number of anilines is 1. The van der Waals surface area contributed by atoms with Gasteiger partial charge in [0, 0.05) is 5.69 Å². The summed E-state index contributed by atoms with van der Waals surface area (Å²) >= 11 is 0. The zero-order valence-electron chi connectivity index (χ0n) is 14.4. The molecule has 0 fully saturated rings. The number of amides is 1. The molecule has 144 valence electrons. The number of benzene rings is 2. The molecule has 2 rings (SSSR count). The summed E-state index contributed by atoms with van der Waals surface area (Å²) in [5.74, 6) is -0.843. The van der Waals surface area contributed by atoms with Gasteiger partial charge in [0.25, 0.3) is 5.91 Å². The summed E-state index contributed by atoms with van der Waals surface area (Å²) < 4.78 is 53.1. The second kappa shape index (κ2) is 8.43. The molecule has 0 saturated heterocycles. The van der Waals surface area contributed by atoms with Crippen LogP contribution in [-0.4, -0.2) is 32.7 Å². The van der Waals surface area contributed by atoms with E-state index < -0.39 is 30.2 Å². The van der Waals surface area contributed by atoms with Gasteiger partial charge in [-0.15, -0.1) is 0 Å². The number of rotatable bonds is 6. The molecule has 1 amide bonds. The van der Waals surface area contributed by atoms with Gasteiger partial charge in [0.05, 0.1) is 25.3 Å². The predicted octanol–water partition coefficient (Wildman–Crippen LogP) is 3.52. The van der Waals surface area contributed by atoms with Crippen molar-refractivity contribution in [3.05, 3.63) is 53.6 Å². The number of hydrogen-bond acceptors (Lipinski definition) is 5. The molecule has 6 nitrogen and oxygen atoms in total. The van der Waals surface area contributed by atoms with Crippen molar-refractivity contribution in [2.24, 2.45) is 0 Å². The number of ether oxygens (including phenoxy) is 3. The van der Waals surface area contributed by atoms with Crippen LogP contribution in [0.2, 0.25) is 0 Å². The van der Waals surface area contributed by atoms with E-state index in [1.807, 2.05) is 0 Å². The normalized spacial score (nSPS) is 10.9. The first-order valence-electron chi connectivity index (χ1n) is 7.61. The highest BCUT2D eigenvalue weighted by atomic mass is 19.4. The SMILES string of the molecule is COC(=O)c1ccc(OCC(=O)Nc2cccc(C(F)(F)F)c2)c(OC)c1. The Bertz CT molecular complexity index is 836. The smallest absolute Gasteiger partial charge is 0.416 e. The molecule has 27 heavy (non-hydrogen) atoms. The molecule has 1 N–H and O–H groups in total. The lowest BCUT2D eigenvalue weighted by Gasteiger charge is -2.12. The minimum absolute atomic E-state index is 0.00794. The third-order valence-electron chi connectivity index (χ3n) is 3.42. The molecule has 0 radical (unpaired) electrons. The zero-order valence-corrected chi connectivity index (χ0v) is 14.4. The average molecular weight is 383 g/mol. The van der Waals surface area contributed by atoms with Gasteiger partial charge < -0.3 is 19.5 Å². The topological polar surface area (TPSA) is 73.9 Å². The van der Waals surface area contributed by atoms with Gasteiger partial charge in [0.15, 0.2) is 18.1 Å². The molecule has 0 saturated carbocycles. The maximum absolute atomic E-state index is 12.7. The lowest BCUT2D eigenvalue weighted by atomic mass is 10.2. The molecular weight excluding hydrogens is 367 g/mol. The highest BCUT2D eigenvalue weighted by Crippen LogP contribution is 2.31. The van der Waals surface area contributed by atoms with E-state index in [1.165, 1.54) is 44.6 Å². The number of carbonyl (C=O) groups excluding carboxylic acids is 2. The third-order valence-corrected chi connectivity index (χ3v) is 3.42. The number of esters is 1. The maximum atomic E-state index is 12.7. The van der Waals surface area contributed by atoms with E-state index in [1.54, 1.807) is 0 Å². The molecule has 2 aromatic carbocycles. The Morgan fingerprint density at radius 3 is 2.41 bits per heavy atom. The van der Waals surface area contributed by atoms with Crippen LogP contribution in [0.1, 0.15) is 15.9 Å². The van der Waals surface area contributed by atoms with Crippen LogP contribution in [-0.2, 0) is 15.7 Å². The highest BCUT2D eigenvalue weighted by molar-refractivity contribution is 5.92. The molecule has 0 heterocycles. The Kier molecular flexibility index (Phi) is 6.27. The number of hydrogen-bond donors (Lipinski definition) is 1. The monoisotopic (exact) mass is 383 g/mol. The van der Waals surface area contributed by atoms with Crippen LogP contribution in [0.3, 0.4) is 0 Å². The van der Waals surface area contributed by atoms with Crippen molar-refractivity contribution in [2.45, 2.75) is 6.18 Å². The Morgan fingerprint density at radius 2 is 1.78 bits per heavy atom. The van der Waals surface area contributed by atoms with Crippen LogP contribution in [0.15, 0.2) is 42.5 Å². The first-order chi connectivity index (χ1) is 12.7. The lowest BCUT2D eigenvalue weighted by Crippen LogP contribution is -2.20. The summed E-state index contributed by atoms with van der Waals surface area (Å²) in [5, 5.41) is 2.32. The van der Waals surface area contributed by atoms with E-state index >= 15 is 0 Å².